The van der Waals surface area contributed by atoms with Gasteiger partial charge in [-0.1, -0.05) is 53.7 Å². The van der Waals surface area contributed by atoms with Gasteiger partial charge in [0.25, 0.3) is 5.91 Å². The summed E-state index contributed by atoms with van der Waals surface area (Å²) in [7, 11) is 0. The van der Waals surface area contributed by atoms with Gasteiger partial charge in [0, 0.05) is 24.9 Å². The zero-order valence-corrected chi connectivity index (χ0v) is 13.9. The maximum Gasteiger partial charge on any atom is 0.267 e. The van der Waals surface area contributed by atoms with E-state index in [-0.39, 0.29) is 5.91 Å². The van der Waals surface area contributed by atoms with E-state index in [2.05, 4.69) is 17.3 Å². The smallest absolute Gasteiger partial charge is 0.267 e. The molecular formula is C20H20N2O3. The normalized spacial score (nSPS) is 19.3. The highest BCUT2D eigenvalue weighted by molar-refractivity contribution is 5.94. The molecule has 2 aliphatic heterocycles. The predicted molar refractivity (Wildman–Crippen MR) is 94.4 cm³/mol. The summed E-state index contributed by atoms with van der Waals surface area (Å²) in [5, 5.41) is 4.13. The summed E-state index contributed by atoms with van der Waals surface area (Å²) in [6, 6.07) is 17.9. The summed E-state index contributed by atoms with van der Waals surface area (Å²) in [4.78, 5) is 20.1. The van der Waals surface area contributed by atoms with Gasteiger partial charge in [-0.3, -0.25) is 4.79 Å². The number of ether oxygens (including phenoxy) is 1. The Morgan fingerprint density at radius 2 is 1.92 bits per heavy atom. The number of fused-ring (bicyclic) bond motifs is 1. The Kier molecular flexibility index (Phi) is 4.37. The number of para-hydroxylation sites is 1. The lowest BCUT2D eigenvalue weighted by Gasteiger charge is -2.22. The molecule has 0 bridgehead atoms. The van der Waals surface area contributed by atoms with E-state index in [1.807, 2.05) is 42.5 Å². The first-order valence-corrected chi connectivity index (χ1v) is 8.54. The Morgan fingerprint density at radius 3 is 2.80 bits per heavy atom. The molecule has 0 radical (unpaired) electrons. The van der Waals surface area contributed by atoms with Gasteiger partial charge in [-0.25, -0.2) is 0 Å². The van der Waals surface area contributed by atoms with Crippen LogP contribution in [0, 0.1) is 0 Å². The minimum absolute atomic E-state index is 0.0212. The van der Waals surface area contributed by atoms with Crippen molar-refractivity contribution in [3.63, 3.8) is 0 Å². The fraction of sp³-hybridized carbons (Fsp3) is 0.300. The van der Waals surface area contributed by atoms with Gasteiger partial charge in [0.05, 0.1) is 12.3 Å². The molecule has 1 amide bonds. The van der Waals surface area contributed by atoms with Gasteiger partial charge in [-0.2, -0.15) is 0 Å². The lowest BCUT2D eigenvalue weighted by Crippen LogP contribution is -2.40. The van der Waals surface area contributed by atoms with Crippen LogP contribution in [0.5, 0.6) is 5.75 Å². The fourth-order valence-electron chi connectivity index (χ4n) is 3.21. The van der Waals surface area contributed by atoms with Crippen molar-refractivity contribution in [1.29, 1.82) is 0 Å². The zero-order chi connectivity index (χ0) is 17.1. The van der Waals surface area contributed by atoms with E-state index < -0.39 is 6.10 Å². The van der Waals surface area contributed by atoms with E-state index >= 15 is 0 Å². The Labute approximate surface area is 146 Å². The van der Waals surface area contributed by atoms with Gasteiger partial charge >= 0.3 is 0 Å². The number of carbonyl (C=O) groups excluding carboxylic acids is 1. The van der Waals surface area contributed by atoms with Crippen LogP contribution in [0.25, 0.3) is 0 Å². The van der Waals surface area contributed by atoms with Crippen LogP contribution in [0.15, 0.2) is 59.8 Å². The van der Waals surface area contributed by atoms with Crippen molar-refractivity contribution in [2.75, 3.05) is 13.2 Å². The van der Waals surface area contributed by atoms with Gasteiger partial charge < -0.3 is 14.5 Å². The summed E-state index contributed by atoms with van der Waals surface area (Å²) in [6.07, 6.45) is 0.743. The van der Waals surface area contributed by atoms with E-state index in [1.165, 1.54) is 5.56 Å². The Hall–Kier alpha value is -2.82. The van der Waals surface area contributed by atoms with Crippen LogP contribution in [0.1, 0.15) is 17.5 Å². The molecule has 0 saturated carbocycles. The van der Waals surface area contributed by atoms with Gasteiger partial charge in [0.1, 0.15) is 12.4 Å². The maximum atomic E-state index is 12.8. The first-order chi connectivity index (χ1) is 12.3. The molecule has 0 saturated heterocycles. The predicted octanol–water partition coefficient (Wildman–Crippen LogP) is 2.80. The van der Waals surface area contributed by atoms with E-state index in [0.29, 0.717) is 26.1 Å². The molecule has 5 nitrogen and oxygen atoms in total. The third-order valence-electron chi connectivity index (χ3n) is 4.52. The second kappa shape index (κ2) is 6.97. The molecule has 1 atom stereocenters. The fourth-order valence-corrected chi connectivity index (χ4v) is 3.21. The molecule has 1 unspecified atom stereocenters. The topological polar surface area (TPSA) is 51.1 Å². The summed E-state index contributed by atoms with van der Waals surface area (Å²) < 4.78 is 5.73. The molecule has 2 aliphatic rings. The zero-order valence-electron chi connectivity index (χ0n) is 13.9. The lowest BCUT2D eigenvalue weighted by atomic mass is 10.0. The van der Waals surface area contributed by atoms with E-state index in [1.54, 1.807) is 4.90 Å². The number of hydrogen-bond acceptors (Lipinski definition) is 4. The van der Waals surface area contributed by atoms with Gasteiger partial charge in [0.2, 0.25) is 6.10 Å². The van der Waals surface area contributed by atoms with Crippen molar-refractivity contribution >= 4 is 11.6 Å². The highest BCUT2D eigenvalue weighted by Gasteiger charge is 2.32. The Balaban J connectivity index is 1.39. The van der Waals surface area contributed by atoms with Crippen molar-refractivity contribution in [1.82, 2.24) is 4.90 Å². The third-order valence-corrected chi connectivity index (χ3v) is 4.52. The summed E-state index contributed by atoms with van der Waals surface area (Å²) in [5.74, 6) is 0.832. The van der Waals surface area contributed by atoms with Crippen LogP contribution >= 0.6 is 0 Å². The number of nitrogens with zero attached hydrogens (tertiary/aromatic N) is 2. The number of oxime groups is 1. The number of carbonyl (C=O) groups is 1. The molecular weight excluding hydrogens is 316 g/mol. The van der Waals surface area contributed by atoms with Crippen LogP contribution in [0.2, 0.25) is 0 Å². The summed E-state index contributed by atoms with van der Waals surface area (Å²) in [5.41, 5.74) is 3.11. The third kappa shape index (κ3) is 3.50. The first-order valence-electron chi connectivity index (χ1n) is 8.54. The molecule has 2 heterocycles. The highest BCUT2D eigenvalue weighted by atomic mass is 16.6. The number of hydrogen-bond donors (Lipinski definition) is 0. The van der Waals surface area contributed by atoms with E-state index in [4.69, 9.17) is 9.57 Å². The van der Waals surface area contributed by atoms with Gasteiger partial charge in [-0.15, -0.1) is 0 Å². The van der Waals surface area contributed by atoms with E-state index in [0.717, 1.165) is 23.4 Å². The van der Waals surface area contributed by atoms with Gasteiger partial charge in [-0.05, 0) is 11.6 Å². The molecule has 0 spiro atoms. The summed E-state index contributed by atoms with van der Waals surface area (Å²) >= 11 is 0. The molecule has 0 aliphatic carbocycles. The van der Waals surface area contributed by atoms with Gasteiger partial charge in [0.15, 0.2) is 0 Å². The summed E-state index contributed by atoms with van der Waals surface area (Å²) in [6.45, 7) is 1.59. The average molecular weight is 336 g/mol. The second-order valence-corrected chi connectivity index (χ2v) is 6.33. The minimum Gasteiger partial charge on any atom is -0.491 e. The number of amides is 1. The molecule has 2 aromatic carbocycles. The number of rotatable bonds is 3. The monoisotopic (exact) mass is 336 g/mol. The van der Waals surface area contributed by atoms with E-state index in [9.17, 15) is 4.79 Å². The average Bonchev–Trinajstić information content (AvgIpc) is 2.99. The molecule has 128 valence electrons. The van der Waals surface area contributed by atoms with Crippen LogP contribution in [-0.2, 0) is 22.6 Å². The van der Waals surface area contributed by atoms with Crippen LogP contribution in [0.4, 0.5) is 0 Å². The largest absolute Gasteiger partial charge is 0.491 e. The molecule has 25 heavy (non-hydrogen) atoms. The highest BCUT2D eigenvalue weighted by Crippen LogP contribution is 2.24. The van der Waals surface area contributed by atoms with Crippen LogP contribution < -0.4 is 4.74 Å². The van der Waals surface area contributed by atoms with Crippen LogP contribution in [0.3, 0.4) is 0 Å². The molecule has 0 N–H and O–H groups in total. The van der Waals surface area contributed by atoms with Crippen molar-refractivity contribution in [2.24, 2.45) is 5.16 Å². The molecule has 0 aromatic heterocycles. The van der Waals surface area contributed by atoms with Crippen molar-refractivity contribution < 1.29 is 14.4 Å². The second-order valence-electron chi connectivity index (χ2n) is 6.33. The SMILES string of the molecule is O=C(C1CC(Cc2ccccc2)=NO1)N1CCOc2ccccc2C1. The van der Waals surface area contributed by atoms with Crippen LogP contribution in [-0.4, -0.2) is 35.8 Å². The lowest BCUT2D eigenvalue weighted by molar-refractivity contribution is -0.142. The molecule has 0 fully saturated rings. The Bertz CT molecular complexity index is 789. The molecule has 5 heteroatoms. The molecule has 2 aromatic rings. The quantitative estimate of drug-likeness (QED) is 0.866. The van der Waals surface area contributed by atoms with Crippen molar-refractivity contribution in [3.05, 3.63) is 65.7 Å². The van der Waals surface area contributed by atoms with Crippen molar-refractivity contribution in [3.8, 4) is 5.75 Å². The first kappa shape index (κ1) is 15.7. The molecule has 4 rings (SSSR count). The maximum absolute atomic E-state index is 12.8. The number of benzene rings is 2. The Morgan fingerprint density at radius 1 is 1.12 bits per heavy atom. The van der Waals surface area contributed by atoms with Crippen molar-refractivity contribution in [2.45, 2.75) is 25.5 Å². The standard InChI is InChI=1S/C20H20N2O3/c23-20(22-10-11-24-18-9-5-4-8-16(18)14-22)19-13-17(21-25-19)12-15-6-2-1-3-7-15/h1-9,19H,10-14H2. The minimum atomic E-state index is -0.524.